The lowest BCUT2D eigenvalue weighted by molar-refractivity contribution is 0.112. The minimum absolute atomic E-state index is 0.310. The Labute approximate surface area is 68.5 Å². The van der Waals surface area contributed by atoms with Crippen molar-refractivity contribution in [3.8, 4) is 0 Å². The molecule has 0 amide bonds. The first-order chi connectivity index (χ1) is 5.06. The fraction of sp³-hybridized carbons (Fsp3) is 1.00. The van der Waals surface area contributed by atoms with Crippen molar-refractivity contribution in [3.63, 3.8) is 0 Å². The summed E-state index contributed by atoms with van der Waals surface area (Å²) in [6.45, 7) is 7.23. The molecule has 0 aromatic carbocycles. The Morgan fingerprint density at radius 2 is 2.27 bits per heavy atom. The van der Waals surface area contributed by atoms with Crippen LogP contribution in [0.5, 0.6) is 0 Å². The summed E-state index contributed by atoms with van der Waals surface area (Å²) in [5.74, 6) is 6.29. The zero-order chi connectivity index (χ0) is 8.48. The van der Waals surface area contributed by atoms with Crippen molar-refractivity contribution < 1.29 is 4.74 Å². The van der Waals surface area contributed by atoms with Gasteiger partial charge in [0.1, 0.15) is 0 Å². The first-order valence-electron chi connectivity index (χ1n) is 4.05. The summed E-state index contributed by atoms with van der Waals surface area (Å²) in [6.07, 6.45) is 0. The molecule has 1 saturated heterocycles. The third-order valence-corrected chi connectivity index (χ3v) is 2.54. The van der Waals surface area contributed by atoms with Crippen LogP contribution in [0.15, 0.2) is 0 Å². The van der Waals surface area contributed by atoms with Crippen LogP contribution in [-0.2, 0) is 4.74 Å². The lowest BCUT2D eigenvalue weighted by Crippen LogP contribution is -2.29. The largest absolute Gasteiger partial charge is 0.384 e. The molecule has 0 aromatic heterocycles. The smallest absolute Gasteiger partial charge is 0.0508 e. The molecular weight excluding hydrogens is 140 g/mol. The number of nitrogens with two attached hydrogens (primary N) is 1. The van der Waals surface area contributed by atoms with Gasteiger partial charge in [0.15, 0.2) is 0 Å². The van der Waals surface area contributed by atoms with Gasteiger partial charge in [-0.2, -0.15) is 0 Å². The van der Waals surface area contributed by atoms with E-state index in [9.17, 15) is 0 Å². The number of hydrogen-bond donors (Lipinski definition) is 1. The summed E-state index contributed by atoms with van der Waals surface area (Å²) >= 11 is 0. The van der Waals surface area contributed by atoms with Crippen LogP contribution in [0.25, 0.3) is 0 Å². The van der Waals surface area contributed by atoms with Crippen molar-refractivity contribution in [2.75, 3.05) is 26.8 Å². The molecule has 11 heavy (non-hydrogen) atoms. The van der Waals surface area contributed by atoms with Crippen LogP contribution in [0.3, 0.4) is 0 Å². The van der Waals surface area contributed by atoms with Crippen LogP contribution in [0.2, 0.25) is 0 Å². The molecule has 1 atom stereocenters. The first kappa shape index (κ1) is 8.97. The summed E-state index contributed by atoms with van der Waals surface area (Å²) in [5.41, 5.74) is 0.310. The molecule has 3 nitrogen and oxygen atoms in total. The van der Waals surface area contributed by atoms with Gasteiger partial charge >= 0.3 is 0 Å². The van der Waals surface area contributed by atoms with E-state index in [1.165, 1.54) is 0 Å². The molecule has 0 saturated carbocycles. The Bertz CT molecular complexity index is 136. The summed E-state index contributed by atoms with van der Waals surface area (Å²) < 4.78 is 5.13. The summed E-state index contributed by atoms with van der Waals surface area (Å²) in [4.78, 5) is 0. The van der Waals surface area contributed by atoms with Gasteiger partial charge < -0.3 is 4.74 Å². The van der Waals surface area contributed by atoms with Gasteiger partial charge in [-0.15, -0.1) is 0 Å². The molecule has 0 spiro atoms. The van der Waals surface area contributed by atoms with E-state index in [0.717, 1.165) is 19.7 Å². The molecule has 0 radical (unpaired) electrons. The van der Waals surface area contributed by atoms with E-state index in [1.807, 2.05) is 5.01 Å². The maximum atomic E-state index is 5.71. The van der Waals surface area contributed by atoms with Crippen LogP contribution in [0.1, 0.15) is 13.8 Å². The number of methoxy groups -OCH3 is 1. The zero-order valence-electron chi connectivity index (χ0n) is 7.63. The maximum absolute atomic E-state index is 5.71. The average molecular weight is 158 g/mol. The normalized spacial score (nSPS) is 31.1. The van der Waals surface area contributed by atoms with Crippen molar-refractivity contribution in [2.24, 2.45) is 17.2 Å². The predicted octanol–water partition coefficient (Wildman–Crippen LogP) is 0.464. The fourth-order valence-electron chi connectivity index (χ4n) is 1.73. The number of ether oxygens (including phenoxy) is 1. The van der Waals surface area contributed by atoms with Crippen LogP contribution < -0.4 is 5.84 Å². The molecular formula is C8H18N2O. The molecule has 0 aliphatic carbocycles. The van der Waals surface area contributed by atoms with Crippen molar-refractivity contribution in [1.29, 1.82) is 0 Å². The van der Waals surface area contributed by atoms with Crippen LogP contribution in [0, 0.1) is 11.3 Å². The maximum Gasteiger partial charge on any atom is 0.0508 e. The number of rotatable bonds is 2. The summed E-state index contributed by atoms with van der Waals surface area (Å²) in [6, 6.07) is 0. The molecule has 1 aliphatic heterocycles. The average Bonchev–Trinajstić information content (AvgIpc) is 2.07. The van der Waals surface area contributed by atoms with Crippen molar-refractivity contribution >= 4 is 0 Å². The lowest BCUT2D eigenvalue weighted by Gasteiger charge is -2.24. The lowest BCUT2D eigenvalue weighted by atomic mass is 9.83. The van der Waals surface area contributed by atoms with E-state index in [-0.39, 0.29) is 0 Å². The highest BCUT2D eigenvalue weighted by Gasteiger charge is 2.37. The van der Waals surface area contributed by atoms with Crippen molar-refractivity contribution in [1.82, 2.24) is 5.01 Å². The third-order valence-electron chi connectivity index (χ3n) is 2.54. The molecule has 0 bridgehead atoms. The van der Waals surface area contributed by atoms with E-state index < -0.39 is 0 Å². The van der Waals surface area contributed by atoms with E-state index in [0.29, 0.717) is 11.3 Å². The Kier molecular flexibility index (Phi) is 2.52. The molecule has 1 aliphatic rings. The van der Waals surface area contributed by atoms with Crippen LogP contribution in [-0.4, -0.2) is 31.8 Å². The molecule has 66 valence electrons. The highest BCUT2D eigenvalue weighted by Crippen LogP contribution is 2.33. The van der Waals surface area contributed by atoms with Gasteiger partial charge in [-0.3, -0.25) is 5.84 Å². The molecule has 0 aromatic rings. The van der Waals surface area contributed by atoms with E-state index >= 15 is 0 Å². The second kappa shape index (κ2) is 3.09. The summed E-state index contributed by atoms with van der Waals surface area (Å²) in [7, 11) is 1.75. The van der Waals surface area contributed by atoms with Gasteiger partial charge in [-0.1, -0.05) is 13.8 Å². The Morgan fingerprint density at radius 3 is 2.64 bits per heavy atom. The molecule has 2 N–H and O–H groups in total. The number of hydrazine groups is 1. The third kappa shape index (κ3) is 1.92. The van der Waals surface area contributed by atoms with Gasteiger partial charge in [-0.25, -0.2) is 5.01 Å². The Balaban J connectivity index is 2.51. The zero-order valence-corrected chi connectivity index (χ0v) is 7.63. The first-order valence-corrected chi connectivity index (χ1v) is 4.05. The fourth-order valence-corrected chi connectivity index (χ4v) is 1.73. The summed E-state index contributed by atoms with van der Waals surface area (Å²) in [5, 5.41) is 1.88. The van der Waals surface area contributed by atoms with Crippen LogP contribution in [0.4, 0.5) is 0 Å². The molecule has 3 heteroatoms. The van der Waals surface area contributed by atoms with Gasteiger partial charge in [-0.05, 0) is 5.41 Å². The van der Waals surface area contributed by atoms with Gasteiger partial charge in [0.25, 0.3) is 0 Å². The van der Waals surface area contributed by atoms with Gasteiger partial charge in [0.05, 0.1) is 6.61 Å². The van der Waals surface area contributed by atoms with E-state index in [2.05, 4.69) is 13.8 Å². The second-order valence-corrected chi connectivity index (χ2v) is 4.07. The van der Waals surface area contributed by atoms with Crippen molar-refractivity contribution in [2.45, 2.75) is 13.8 Å². The Hall–Kier alpha value is -0.120. The quantitative estimate of drug-likeness (QED) is 0.593. The minimum Gasteiger partial charge on any atom is -0.384 e. The molecule has 0 unspecified atom stereocenters. The minimum atomic E-state index is 0.310. The standard InChI is InChI=1S/C8H18N2O/c1-8(2)6-10(9)4-7(8)5-11-3/h7H,4-6,9H2,1-3H3/t7-/m0/s1. The van der Waals surface area contributed by atoms with E-state index in [4.69, 9.17) is 10.6 Å². The predicted molar refractivity (Wildman–Crippen MR) is 44.9 cm³/mol. The monoisotopic (exact) mass is 158 g/mol. The van der Waals surface area contributed by atoms with E-state index in [1.54, 1.807) is 7.11 Å². The van der Waals surface area contributed by atoms with Crippen molar-refractivity contribution in [3.05, 3.63) is 0 Å². The van der Waals surface area contributed by atoms with Gasteiger partial charge in [0, 0.05) is 26.1 Å². The van der Waals surface area contributed by atoms with Gasteiger partial charge in [0.2, 0.25) is 0 Å². The highest BCUT2D eigenvalue weighted by molar-refractivity contribution is 4.88. The molecule has 1 fully saturated rings. The topological polar surface area (TPSA) is 38.5 Å². The molecule has 1 rings (SSSR count). The SMILES string of the molecule is COC[C@@H]1CN(N)CC1(C)C. The highest BCUT2D eigenvalue weighted by atomic mass is 16.5. The molecule has 1 heterocycles. The second-order valence-electron chi connectivity index (χ2n) is 4.07. The number of nitrogens with zero attached hydrogens (tertiary/aromatic N) is 1. The Morgan fingerprint density at radius 1 is 1.64 bits per heavy atom. The number of hydrogen-bond acceptors (Lipinski definition) is 3. The van der Waals surface area contributed by atoms with Crippen LogP contribution >= 0.6 is 0 Å².